The van der Waals surface area contributed by atoms with Crippen molar-refractivity contribution in [3.63, 3.8) is 0 Å². The molecule has 106 valence electrons. The third-order valence-corrected chi connectivity index (χ3v) is 3.99. The van der Waals surface area contributed by atoms with Gasteiger partial charge in [-0.3, -0.25) is 4.98 Å². The van der Waals surface area contributed by atoms with Crippen LogP contribution in [-0.2, 0) is 12.8 Å². The van der Waals surface area contributed by atoms with Gasteiger partial charge in [0.05, 0.1) is 0 Å². The number of nitrogens with zero attached hydrogens (tertiary/aromatic N) is 1. The maximum atomic E-state index is 6.45. The number of benzene rings is 1. The molecule has 2 aromatic rings. The molecule has 1 aromatic carbocycles. The molecule has 0 radical (unpaired) electrons. The average molecular weight is 268 g/mol. The van der Waals surface area contributed by atoms with Crippen molar-refractivity contribution in [3.05, 3.63) is 64.0 Å². The molecule has 0 amide bonds. The zero-order chi connectivity index (χ0) is 14.7. The first-order valence-corrected chi connectivity index (χ1v) is 7.28. The number of aryl methyl sites for hydroxylation is 4. The Labute approximate surface area is 122 Å². The topological polar surface area (TPSA) is 38.9 Å². The summed E-state index contributed by atoms with van der Waals surface area (Å²) in [5, 5.41) is 0. The van der Waals surface area contributed by atoms with E-state index < -0.39 is 0 Å². The van der Waals surface area contributed by atoms with Crippen molar-refractivity contribution in [3.8, 4) is 0 Å². The van der Waals surface area contributed by atoms with E-state index in [1.165, 1.54) is 33.4 Å². The Morgan fingerprint density at radius 1 is 1.15 bits per heavy atom. The highest BCUT2D eigenvalue weighted by atomic mass is 14.7. The summed E-state index contributed by atoms with van der Waals surface area (Å²) in [7, 11) is 0. The summed E-state index contributed by atoms with van der Waals surface area (Å²) >= 11 is 0. The zero-order valence-corrected chi connectivity index (χ0v) is 12.9. The first kappa shape index (κ1) is 14.7. The lowest BCUT2D eigenvalue weighted by Gasteiger charge is -2.19. The molecule has 0 spiro atoms. The molecule has 2 nitrogen and oxygen atoms in total. The van der Waals surface area contributed by atoms with Crippen molar-refractivity contribution < 1.29 is 0 Å². The molecule has 0 bridgehead atoms. The molecule has 20 heavy (non-hydrogen) atoms. The quantitative estimate of drug-likeness (QED) is 0.915. The van der Waals surface area contributed by atoms with Crippen LogP contribution in [0.3, 0.4) is 0 Å². The summed E-state index contributed by atoms with van der Waals surface area (Å²) in [6, 6.07) is 6.57. The summed E-state index contributed by atoms with van der Waals surface area (Å²) in [5.41, 5.74) is 14.3. The van der Waals surface area contributed by atoms with Gasteiger partial charge < -0.3 is 5.73 Å². The van der Waals surface area contributed by atoms with Gasteiger partial charge in [-0.15, -0.1) is 0 Å². The van der Waals surface area contributed by atoms with E-state index in [1.807, 2.05) is 12.4 Å². The Kier molecular flexibility index (Phi) is 4.56. The fourth-order valence-corrected chi connectivity index (χ4v) is 2.96. The van der Waals surface area contributed by atoms with Crippen LogP contribution >= 0.6 is 0 Å². The fraction of sp³-hybridized carbons (Fsp3) is 0.389. The van der Waals surface area contributed by atoms with Crippen molar-refractivity contribution in [1.29, 1.82) is 0 Å². The first-order chi connectivity index (χ1) is 9.52. The standard InChI is InChI=1S/C18H24N2/c1-5-15-11-20-7-6-16(15)18(19)10-17-13(3)8-12(2)9-14(17)4/h6-9,11,18H,5,10,19H2,1-4H3. The van der Waals surface area contributed by atoms with Gasteiger partial charge in [-0.25, -0.2) is 0 Å². The van der Waals surface area contributed by atoms with Gasteiger partial charge in [-0.2, -0.15) is 0 Å². The molecule has 0 fully saturated rings. The Bertz CT molecular complexity index is 579. The largest absolute Gasteiger partial charge is 0.324 e. The van der Waals surface area contributed by atoms with Crippen LogP contribution in [0.25, 0.3) is 0 Å². The molecule has 0 aliphatic heterocycles. The minimum absolute atomic E-state index is 0.0352. The van der Waals surface area contributed by atoms with Crippen molar-refractivity contribution in [1.82, 2.24) is 4.98 Å². The normalized spacial score (nSPS) is 12.4. The van der Waals surface area contributed by atoms with Crippen molar-refractivity contribution in [2.45, 2.75) is 46.6 Å². The summed E-state index contributed by atoms with van der Waals surface area (Å²) in [4.78, 5) is 4.20. The highest BCUT2D eigenvalue weighted by Gasteiger charge is 2.14. The summed E-state index contributed by atoms with van der Waals surface area (Å²) < 4.78 is 0. The van der Waals surface area contributed by atoms with Crippen LogP contribution in [0.5, 0.6) is 0 Å². The van der Waals surface area contributed by atoms with Gasteiger partial charge in [-0.05, 0) is 67.5 Å². The molecule has 1 atom stereocenters. The fourth-order valence-electron chi connectivity index (χ4n) is 2.96. The molecular weight excluding hydrogens is 244 g/mol. The molecule has 2 rings (SSSR count). The molecule has 1 heterocycles. The van der Waals surface area contributed by atoms with Gasteiger partial charge in [-0.1, -0.05) is 24.6 Å². The van der Waals surface area contributed by atoms with E-state index in [0.29, 0.717) is 0 Å². The summed E-state index contributed by atoms with van der Waals surface area (Å²) in [5.74, 6) is 0. The number of hydrogen-bond donors (Lipinski definition) is 1. The highest BCUT2D eigenvalue weighted by molar-refractivity contribution is 5.39. The lowest BCUT2D eigenvalue weighted by molar-refractivity contribution is 0.704. The second-order valence-corrected chi connectivity index (χ2v) is 5.62. The van der Waals surface area contributed by atoms with Crippen LogP contribution in [0, 0.1) is 20.8 Å². The minimum atomic E-state index is 0.0352. The maximum absolute atomic E-state index is 6.45. The van der Waals surface area contributed by atoms with Crippen LogP contribution in [-0.4, -0.2) is 4.98 Å². The second kappa shape index (κ2) is 6.19. The monoisotopic (exact) mass is 268 g/mol. The highest BCUT2D eigenvalue weighted by Crippen LogP contribution is 2.24. The van der Waals surface area contributed by atoms with Crippen molar-refractivity contribution >= 4 is 0 Å². The predicted molar refractivity (Wildman–Crippen MR) is 84.9 cm³/mol. The van der Waals surface area contributed by atoms with Crippen LogP contribution in [0.1, 0.15) is 46.3 Å². The molecule has 0 saturated heterocycles. The number of aromatic nitrogens is 1. The van der Waals surface area contributed by atoms with Crippen LogP contribution in [0.4, 0.5) is 0 Å². The van der Waals surface area contributed by atoms with E-state index in [-0.39, 0.29) is 6.04 Å². The van der Waals surface area contributed by atoms with Gasteiger partial charge in [0.2, 0.25) is 0 Å². The minimum Gasteiger partial charge on any atom is -0.324 e. The van der Waals surface area contributed by atoms with Crippen LogP contribution < -0.4 is 5.73 Å². The third-order valence-electron chi connectivity index (χ3n) is 3.99. The molecule has 2 heteroatoms. The van der Waals surface area contributed by atoms with E-state index >= 15 is 0 Å². The Balaban J connectivity index is 2.30. The zero-order valence-electron chi connectivity index (χ0n) is 12.9. The number of hydrogen-bond acceptors (Lipinski definition) is 2. The number of pyridine rings is 1. The maximum Gasteiger partial charge on any atom is 0.0339 e. The van der Waals surface area contributed by atoms with E-state index in [4.69, 9.17) is 5.73 Å². The molecule has 1 unspecified atom stereocenters. The molecule has 0 aliphatic rings. The van der Waals surface area contributed by atoms with E-state index in [1.54, 1.807) is 0 Å². The van der Waals surface area contributed by atoms with Crippen LogP contribution in [0.15, 0.2) is 30.6 Å². The summed E-state index contributed by atoms with van der Waals surface area (Å²) in [6.07, 6.45) is 5.63. The lowest BCUT2D eigenvalue weighted by Crippen LogP contribution is -2.17. The Morgan fingerprint density at radius 2 is 1.80 bits per heavy atom. The molecule has 0 saturated carbocycles. The van der Waals surface area contributed by atoms with E-state index in [0.717, 1.165) is 12.8 Å². The lowest BCUT2D eigenvalue weighted by atomic mass is 9.90. The first-order valence-electron chi connectivity index (χ1n) is 7.28. The molecule has 0 aliphatic carbocycles. The van der Waals surface area contributed by atoms with Gasteiger partial charge in [0.25, 0.3) is 0 Å². The van der Waals surface area contributed by atoms with E-state index in [2.05, 4.69) is 50.9 Å². The van der Waals surface area contributed by atoms with Crippen molar-refractivity contribution in [2.24, 2.45) is 5.73 Å². The van der Waals surface area contributed by atoms with E-state index in [9.17, 15) is 0 Å². The molecule has 1 aromatic heterocycles. The second-order valence-electron chi connectivity index (χ2n) is 5.62. The van der Waals surface area contributed by atoms with Crippen LogP contribution in [0.2, 0.25) is 0 Å². The smallest absolute Gasteiger partial charge is 0.0339 e. The number of nitrogens with two attached hydrogens (primary N) is 1. The molecular formula is C18H24N2. The summed E-state index contributed by atoms with van der Waals surface area (Å²) in [6.45, 7) is 8.64. The van der Waals surface area contributed by atoms with Gasteiger partial charge in [0, 0.05) is 18.4 Å². The number of rotatable bonds is 4. The average Bonchev–Trinajstić information content (AvgIpc) is 2.42. The SMILES string of the molecule is CCc1cnccc1C(N)Cc1c(C)cc(C)cc1C. The Morgan fingerprint density at radius 3 is 2.40 bits per heavy atom. The van der Waals surface area contributed by atoms with Crippen molar-refractivity contribution in [2.75, 3.05) is 0 Å². The predicted octanol–water partition coefficient (Wildman–Crippen LogP) is 3.81. The Hall–Kier alpha value is -1.67. The van der Waals surface area contributed by atoms with Gasteiger partial charge >= 0.3 is 0 Å². The third kappa shape index (κ3) is 3.07. The van der Waals surface area contributed by atoms with Gasteiger partial charge in [0.15, 0.2) is 0 Å². The molecule has 2 N–H and O–H groups in total. The van der Waals surface area contributed by atoms with Gasteiger partial charge in [0.1, 0.15) is 0 Å².